The van der Waals surface area contributed by atoms with E-state index in [0.717, 1.165) is 4.57 Å². The first-order chi connectivity index (χ1) is 8.45. The van der Waals surface area contributed by atoms with Crippen LogP contribution in [0.5, 0.6) is 0 Å². The van der Waals surface area contributed by atoms with Crippen LogP contribution in [0.3, 0.4) is 0 Å². The number of aryl methyl sites for hydroxylation is 1. The summed E-state index contributed by atoms with van der Waals surface area (Å²) in [4.78, 5) is 24.9. The summed E-state index contributed by atoms with van der Waals surface area (Å²) in [5.74, 6) is 0. The Morgan fingerprint density at radius 2 is 2.06 bits per heavy atom. The zero-order valence-corrected chi connectivity index (χ0v) is 9.61. The summed E-state index contributed by atoms with van der Waals surface area (Å²) in [7, 11) is 0. The number of ether oxygens (including phenoxy) is 1. The second kappa shape index (κ2) is 4.65. The number of aromatic nitrogens is 2. The largest absolute Gasteiger partial charge is 0.394 e. The summed E-state index contributed by atoms with van der Waals surface area (Å²) < 4.78 is 6.17. The summed E-state index contributed by atoms with van der Waals surface area (Å²) in [5, 5.41) is 28.3. The number of nitrogens with zero attached hydrogens (tertiary/aromatic N) is 1. The summed E-state index contributed by atoms with van der Waals surface area (Å²) in [5.41, 5.74) is -1.00. The predicted molar refractivity (Wildman–Crippen MR) is 59.1 cm³/mol. The number of rotatable bonds is 2. The maximum absolute atomic E-state index is 11.6. The van der Waals surface area contributed by atoms with Gasteiger partial charge in [-0.25, -0.2) is 4.79 Å². The Morgan fingerprint density at radius 1 is 1.39 bits per heavy atom. The quantitative estimate of drug-likeness (QED) is 0.463. The van der Waals surface area contributed by atoms with Crippen molar-refractivity contribution in [2.75, 3.05) is 6.61 Å². The van der Waals surface area contributed by atoms with Crippen molar-refractivity contribution < 1.29 is 20.1 Å². The monoisotopic (exact) mass is 258 g/mol. The first-order valence-corrected chi connectivity index (χ1v) is 5.40. The average molecular weight is 258 g/mol. The normalized spacial score (nSPS) is 31.8. The van der Waals surface area contributed by atoms with E-state index in [1.54, 1.807) is 0 Å². The Hall–Kier alpha value is -1.48. The first-order valence-electron chi connectivity index (χ1n) is 5.40. The lowest BCUT2D eigenvalue weighted by molar-refractivity contribution is -0.0551. The van der Waals surface area contributed by atoms with Crippen LogP contribution in [0.15, 0.2) is 15.8 Å². The standard InChI is InChI=1S/C10H14N2O6/c1-4-2-12(10(17)11-8(4)16)9-7(15)6(14)5(3-13)18-9/h2,5-7,9,13-15H,3H2,1H3,(H,11,16,17)/t5-,6+,7?,9+/m1/s1. The molecule has 0 aromatic carbocycles. The van der Waals surface area contributed by atoms with Crippen LogP contribution in [0.1, 0.15) is 11.8 Å². The third kappa shape index (κ3) is 1.99. The van der Waals surface area contributed by atoms with Gasteiger partial charge in [0.05, 0.1) is 6.61 Å². The SMILES string of the molecule is Cc1cn([C@H]2O[C@H](CO)[C@H](O)C2O)c(=O)[nH]c1=O. The van der Waals surface area contributed by atoms with Gasteiger partial charge in [-0.3, -0.25) is 14.3 Å². The van der Waals surface area contributed by atoms with Gasteiger partial charge in [0.15, 0.2) is 6.23 Å². The molecule has 0 spiro atoms. The fourth-order valence-electron chi connectivity index (χ4n) is 1.88. The van der Waals surface area contributed by atoms with Crippen molar-refractivity contribution in [1.29, 1.82) is 0 Å². The van der Waals surface area contributed by atoms with E-state index in [0.29, 0.717) is 0 Å². The van der Waals surface area contributed by atoms with Gasteiger partial charge in [0.1, 0.15) is 18.3 Å². The topological polar surface area (TPSA) is 125 Å². The minimum Gasteiger partial charge on any atom is -0.394 e. The maximum atomic E-state index is 11.6. The van der Waals surface area contributed by atoms with Crippen LogP contribution < -0.4 is 11.2 Å². The molecule has 4 N–H and O–H groups in total. The lowest BCUT2D eigenvalue weighted by Crippen LogP contribution is -2.38. The molecule has 1 unspecified atom stereocenters. The number of hydrogen-bond acceptors (Lipinski definition) is 6. The fourth-order valence-corrected chi connectivity index (χ4v) is 1.88. The minimum atomic E-state index is -1.36. The second-order valence-corrected chi connectivity index (χ2v) is 4.21. The maximum Gasteiger partial charge on any atom is 0.330 e. The van der Waals surface area contributed by atoms with Gasteiger partial charge in [-0.1, -0.05) is 0 Å². The van der Waals surface area contributed by atoms with E-state index in [1.165, 1.54) is 13.1 Å². The van der Waals surface area contributed by atoms with Crippen LogP contribution in [0, 0.1) is 6.92 Å². The molecule has 18 heavy (non-hydrogen) atoms. The van der Waals surface area contributed by atoms with Crippen molar-refractivity contribution >= 4 is 0 Å². The number of hydrogen-bond donors (Lipinski definition) is 4. The molecule has 100 valence electrons. The van der Waals surface area contributed by atoms with Gasteiger partial charge in [-0.05, 0) is 6.92 Å². The van der Waals surface area contributed by atoms with Gasteiger partial charge in [0.25, 0.3) is 5.56 Å². The molecule has 0 saturated carbocycles. The van der Waals surface area contributed by atoms with Crippen LogP contribution in [0.25, 0.3) is 0 Å². The van der Waals surface area contributed by atoms with Gasteiger partial charge in [0, 0.05) is 11.8 Å². The molecular formula is C10H14N2O6. The lowest BCUT2D eigenvalue weighted by atomic mass is 10.1. The van der Waals surface area contributed by atoms with Crippen LogP contribution in [0.2, 0.25) is 0 Å². The van der Waals surface area contributed by atoms with Gasteiger partial charge in [0.2, 0.25) is 0 Å². The minimum absolute atomic E-state index is 0.271. The average Bonchev–Trinajstić information content (AvgIpc) is 2.61. The summed E-state index contributed by atoms with van der Waals surface area (Å²) >= 11 is 0. The smallest absolute Gasteiger partial charge is 0.330 e. The molecular weight excluding hydrogens is 244 g/mol. The molecule has 1 aromatic rings. The van der Waals surface area contributed by atoms with Crippen LogP contribution in [-0.2, 0) is 4.74 Å². The molecule has 0 bridgehead atoms. The summed E-state index contributed by atoms with van der Waals surface area (Å²) in [6.07, 6.45) is -3.52. The van der Waals surface area contributed by atoms with Crippen molar-refractivity contribution in [3.8, 4) is 0 Å². The zero-order valence-electron chi connectivity index (χ0n) is 9.61. The molecule has 8 nitrogen and oxygen atoms in total. The predicted octanol–water partition coefficient (Wildman–Crippen LogP) is -2.54. The highest BCUT2D eigenvalue weighted by atomic mass is 16.6. The molecule has 1 saturated heterocycles. The molecule has 1 fully saturated rings. The molecule has 2 rings (SSSR count). The molecule has 0 aliphatic carbocycles. The Kier molecular flexibility index (Phi) is 3.35. The van der Waals surface area contributed by atoms with Crippen molar-refractivity contribution in [2.45, 2.75) is 31.5 Å². The van der Waals surface area contributed by atoms with E-state index in [2.05, 4.69) is 4.98 Å². The fraction of sp³-hybridized carbons (Fsp3) is 0.600. The third-order valence-electron chi connectivity index (χ3n) is 2.94. The number of aliphatic hydroxyl groups excluding tert-OH is 3. The van der Waals surface area contributed by atoms with E-state index in [1.807, 2.05) is 0 Å². The van der Waals surface area contributed by atoms with E-state index >= 15 is 0 Å². The van der Waals surface area contributed by atoms with Crippen molar-refractivity contribution in [2.24, 2.45) is 0 Å². The molecule has 8 heteroatoms. The number of aliphatic hydroxyl groups is 3. The van der Waals surface area contributed by atoms with Crippen molar-refractivity contribution in [3.63, 3.8) is 0 Å². The molecule has 1 aromatic heterocycles. The van der Waals surface area contributed by atoms with Crippen molar-refractivity contribution in [1.82, 2.24) is 9.55 Å². The second-order valence-electron chi connectivity index (χ2n) is 4.21. The Bertz CT molecular complexity index is 550. The summed E-state index contributed by atoms with van der Waals surface area (Å²) in [6, 6.07) is 0. The molecule has 1 aliphatic rings. The molecule has 0 radical (unpaired) electrons. The van der Waals surface area contributed by atoms with Crippen molar-refractivity contribution in [3.05, 3.63) is 32.6 Å². The first kappa shape index (κ1) is 13.0. The highest BCUT2D eigenvalue weighted by Crippen LogP contribution is 2.27. The van der Waals surface area contributed by atoms with Gasteiger partial charge in [-0.2, -0.15) is 0 Å². The lowest BCUT2D eigenvalue weighted by Gasteiger charge is -2.17. The molecule has 0 amide bonds. The number of nitrogens with one attached hydrogen (secondary N) is 1. The Labute approximate surface area is 101 Å². The van der Waals surface area contributed by atoms with Gasteiger partial charge in [-0.15, -0.1) is 0 Å². The van der Waals surface area contributed by atoms with Crippen LogP contribution in [0.4, 0.5) is 0 Å². The molecule has 2 heterocycles. The molecule has 4 atom stereocenters. The van der Waals surface area contributed by atoms with E-state index < -0.39 is 42.4 Å². The summed E-state index contributed by atoms with van der Waals surface area (Å²) in [6.45, 7) is 1.02. The van der Waals surface area contributed by atoms with E-state index in [-0.39, 0.29) is 5.56 Å². The van der Waals surface area contributed by atoms with Crippen LogP contribution >= 0.6 is 0 Å². The number of aromatic amines is 1. The Morgan fingerprint density at radius 3 is 2.61 bits per heavy atom. The highest BCUT2D eigenvalue weighted by Gasteiger charge is 2.43. The van der Waals surface area contributed by atoms with Gasteiger partial charge < -0.3 is 20.1 Å². The van der Waals surface area contributed by atoms with Crippen LogP contribution in [-0.4, -0.2) is 49.8 Å². The Balaban J connectivity index is 2.42. The zero-order chi connectivity index (χ0) is 13.4. The van der Waals surface area contributed by atoms with E-state index in [4.69, 9.17) is 9.84 Å². The number of H-pyrrole nitrogens is 1. The highest BCUT2D eigenvalue weighted by molar-refractivity contribution is 5.03. The third-order valence-corrected chi connectivity index (χ3v) is 2.94. The molecule has 1 aliphatic heterocycles. The van der Waals surface area contributed by atoms with Gasteiger partial charge >= 0.3 is 5.69 Å². The van der Waals surface area contributed by atoms with E-state index in [9.17, 15) is 19.8 Å².